The lowest BCUT2D eigenvalue weighted by atomic mass is 9.94. The van der Waals surface area contributed by atoms with Gasteiger partial charge in [0.15, 0.2) is 18.3 Å². The van der Waals surface area contributed by atoms with Crippen LogP contribution in [0.5, 0.6) is 0 Å². The van der Waals surface area contributed by atoms with Crippen LogP contribution >= 0.6 is 0 Å². The smallest absolute Gasteiger partial charge is 0.303 e. The molecule has 0 bridgehead atoms. The molecule has 0 radical (unpaired) electrons. The molecule has 16 heteroatoms. The van der Waals surface area contributed by atoms with Gasteiger partial charge in [-0.1, -0.05) is 22.8 Å². The van der Waals surface area contributed by atoms with E-state index in [0.29, 0.717) is 0 Å². The highest BCUT2D eigenvalue weighted by atomic mass is 32.2. The number of aromatic nitrogens is 4. The maximum Gasteiger partial charge on any atom is 0.303 e. The summed E-state index contributed by atoms with van der Waals surface area (Å²) in [5, 5.41) is 10.4. The highest BCUT2D eigenvalue weighted by Gasteiger charge is 2.52. The SMILES string of the molecule is CC(=O)OC[C@H]1O[C@H](Cn2nnnc2S(=O)(=O)c2ccc(C)cc2)[C@H](OC(C)=O)[C@@H](OC(C)=O)[C@H]1OC(C)=O. The molecular formula is C23H28N4O11S. The molecule has 1 aromatic carbocycles. The molecule has 0 aliphatic carbocycles. The number of ether oxygens (including phenoxy) is 5. The van der Waals surface area contributed by atoms with Gasteiger partial charge >= 0.3 is 23.9 Å². The Morgan fingerprint density at radius 1 is 0.846 bits per heavy atom. The highest BCUT2D eigenvalue weighted by Crippen LogP contribution is 2.31. The molecule has 1 aliphatic heterocycles. The lowest BCUT2D eigenvalue weighted by molar-refractivity contribution is -0.254. The molecule has 0 unspecified atom stereocenters. The summed E-state index contributed by atoms with van der Waals surface area (Å²) in [6.45, 7) is 5.39. The van der Waals surface area contributed by atoms with Crippen molar-refractivity contribution in [2.24, 2.45) is 0 Å². The molecule has 15 nitrogen and oxygen atoms in total. The van der Waals surface area contributed by atoms with Gasteiger partial charge in [-0.25, -0.2) is 13.1 Å². The van der Waals surface area contributed by atoms with Gasteiger partial charge in [0.25, 0.3) is 5.16 Å². The van der Waals surface area contributed by atoms with E-state index in [1.165, 1.54) is 12.1 Å². The minimum Gasteiger partial charge on any atom is -0.463 e. The summed E-state index contributed by atoms with van der Waals surface area (Å²) in [5.74, 6) is -3.04. The summed E-state index contributed by atoms with van der Waals surface area (Å²) < 4.78 is 54.7. The molecule has 5 atom stereocenters. The number of hydrogen-bond donors (Lipinski definition) is 0. The molecule has 0 N–H and O–H groups in total. The maximum absolute atomic E-state index is 13.3. The van der Waals surface area contributed by atoms with E-state index in [1.807, 2.05) is 0 Å². The normalized spacial score (nSPS) is 22.9. The summed E-state index contributed by atoms with van der Waals surface area (Å²) in [6, 6.07) is 6.02. The summed E-state index contributed by atoms with van der Waals surface area (Å²) in [7, 11) is -4.19. The van der Waals surface area contributed by atoms with E-state index in [1.54, 1.807) is 19.1 Å². The third-order valence-corrected chi connectivity index (χ3v) is 7.18. The zero-order valence-electron chi connectivity index (χ0n) is 21.8. The zero-order chi connectivity index (χ0) is 28.9. The molecule has 39 heavy (non-hydrogen) atoms. The fraction of sp³-hybridized carbons (Fsp3) is 0.522. The van der Waals surface area contributed by atoms with Crippen LogP contribution in [0.25, 0.3) is 0 Å². The average Bonchev–Trinajstić information content (AvgIpc) is 3.30. The number of hydrogen-bond acceptors (Lipinski definition) is 14. The Labute approximate surface area is 223 Å². The third-order valence-electron chi connectivity index (χ3n) is 5.51. The molecule has 1 aromatic heterocycles. The lowest BCUT2D eigenvalue weighted by Gasteiger charge is -2.44. The van der Waals surface area contributed by atoms with E-state index in [2.05, 4.69) is 15.5 Å². The van der Waals surface area contributed by atoms with Crippen molar-refractivity contribution in [1.82, 2.24) is 20.2 Å². The zero-order valence-corrected chi connectivity index (χ0v) is 22.6. The van der Waals surface area contributed by atoms with Gasteiger partial charge in [0.1, 0.15) is 18.8 Å². The Hall–Kier alpha value is -3.92. The van der Waals surface area contributed by atoms with Crippen LogP contribution in [0, 0.1) is 6.92 Å². The van der Waals surface area contributed by atoms with Crippen LogP contribution in [0.3, 0.4) is 0 Å². The molecule has 0 amide bonds. The van der Waals surface area contributed by atoms with Crippen molar-refractivity contribution in [3.8, 4) is 0 Å². The first-order chi connectivity index (χ1) is 18.3. The Kier molecular flexibility index (Phi) is 9.34. The van der Waals surface area contributed by atoms with Crippen LogP contribution < -0.4 is 0 Å². The van der Waals surface area contributed by atoms with Gasteiger partial charge in [-0.2, -0.15) is 0 Å². The molecule has 2 heterocycles. The van der Waals surface area contributed by atoms with Crippen molar-refractivity contribution in [3.63, 3.8) is 0 Å². The topological polar surface area (TPSA) is 192 Å². The van der Waals surface area contributed by atoms with Gasteiger partial charge in [-0.05, 0) is 29.5 Å². The Bertz CT molecular complexity index is 1330. The molecule has 212 valence electrons. The second-order valence-corrected chi connectivity index (χ2v) is 10.5. The second-order valence-electron chi connectivity index (χ2n) is 8.70. The Morgan fingerprint density at radius 2 is 1.38 bits per heavy atom. The van der Waals surface area contributed by atoms with Crippen molar-refractivity contribution in [2.45, 2.75) is 81.7 Å². The van der Waals surface area contributed by atoms with Crippen molar-refractivity contribution in [3.05, 3.63) is 29.8 Å². The number of tetrazole rings is 1. The van der Waals surface area contributed by atoms with Gasteiger partial charge < -0.3 is 23.7 Å². The number of carbonyl (C=O) groups is 4. The number of benzene rings is 1. The maximum atomic E-state index is 13.3. The summed E-state index contributed by atoms with van der Waals surface area (Å²) >= 11 is 0. The van der Waals surface area contributed by atoms with Crippen LogP contribution in [0.1, 0.15) is 33.3 Å². The average molecular weight is 569 g/mol. The van der Waals surface area contributed by atoms with Crippen molar-refractivity contribution < 1.29 is 51.3 Å². The second kappa shape index (κ2) is 12.3. The van der Waals surface area contributed by atoms with Crippen LogP contribution in [0.4, 0.5) is 0 Å². The highest BCUT2D eigenvalue weighted by molar-refractivity contribution is 7.91. The third kappa shape index (κ3) is 7.35. The van der Waals surface area contributed by atoms with E-state index in [-0.39, 0.29) is 4.90 Å². The number of nitrogens with zero attached hydrogens (tertiary/aromatic N) is 4. The molecular weight excluding hydrogens is 540 g/mol. The molecule has 0 spiro atoms. The van der Waals surface area contributed by atoms with E-state index >= 15 is 0 Å². The van der Waals surface area contributed by atoms with Gasteiger partial charge in [-0.3, -0.25) is 19.2 Å². The van der Waals surface area contributed by atoms with Crippen molar-refractivity contribution in [2.75, 3.05) is 6.61 Å². The van der Waals surface area contributed by atoms with Crippen molar-refractivity contribution in [1.29, 1.82) is 0 Å². The first-order valence-corrected chi connectivity index (χ1v) is 13.2. The van der Waals surface area contributed by atoms with Crippen LogP contribution in [-0.4, -0.2) is 89.6 Å². The van der Waals surface area contributed by atoms with E-state index in [9.17, 15) is 27.6 Å². The fourth-order valence-electron chi connectivity index (χ4n) is 3.96. The number of esters is 4. The summed E-state index contributed by atoms with van der Waals surface area (Å²) in [5.41, 5.74) is 0.839. The van der Waals surface area contributed by atoms with Crippen LogP contribution in [0.15, 0.2) is 34.3 Å². The molecule has 1 aliphatic rings. The lowest BCUT2D eigenvalue weighted by Crippen LogP contribution is -2.63. The summed E-state index contributed by atoms with van der Waals surface area (Å²) in [6.07, 6.45) is -6.61. The van der Waals surface area contributed by atoms with Crippen LogP contribution in [-0.2, 0) is 59.2 Å². The quantitative estimate of drug-likeness (QED) is 0.288. The van der Waals surface area contributed by atoms with Gasteiger partial charge in [-0.15, -0.1) is 0 Å². The monoisotopic (exact) mass is 568 g/mol. The number of sulfone groups is 1. The van der Waals surface area contributed by atoms with Crippen molar-refractivity contribution >= 4 is 33.7 Å². The van der Waals surface area contributed by atoms with Gasteiger partial charge in [0.2, 0.25) is 9.84 Å². The minimum absolute atomic E-state index is 0.0642. The number of carbonyl (C=O) groups excluding carboxylic acids is 4. The Balaban J connectivity index is 2.04. The molecule has 2 aromatic rings. The van der Waals surface area contributed by atoms with E-state index in [0.717, 1.165) is 37.9 Å². The minimum atomic E-state index is -4.19. The van der Waals surface area contributed by atoms with E-state index < -0.39 is 82.5 Å². The number of rotatable bonds is 9. The van der Waals surface area contributed by atoms with Gasteiger partial charge in [0, 0.05) is 27.7 Å². The largest absolute Gasteiger partial charge is 0.463 e. The predicted molar refractivity (Wildman–Crippen MR) is 126 cm³/mol. The predicted octanol–water partition coefficient (Wildman–Crippen LogP) is -0.0601. The first kappa shape index (κ1) is 29.6. The van der Waals surface area contributed by atoms with Crippen LogP contribution in [0.2, 0.25) is 0 Å². The van der Waals surface area contributed by atoms with Gasteiger partial charge in [0.05, 0.1) is 11.4 Å². The number of aryl methyl sites for hydroxylation is 1. The molecule has 0 saturated carbocycles. The molecule has 1 fully saturated rings. The Morgan fingerprint density at radius 3 is 1.92 bits per heavy atom. The first-order valence-electron chi connectivity index (χ1n) is 11.7. The fourth-order valence-corrected chi connectivity index (χ4v) is 5.20. The molecule has 1 saturated heterocycles. The van der Waals surface area contributed by atoms with E-state index in [4.69, 9.17) is 23.7 Å². The summed E-state index contributed by atoms with van der Waals surface area (Å²) in [4.78, 5) is 47.3. The molecule has 3 rings (SSSR count). The standard InChI is InChI=1S/C23H28N4O11S/c1-12-6-8-17(9-7-12)39(32,33)23-24-25-26-27(23)10-18-20(35-14(3)29)22(37-16(5)31)21(36-15(4)30)19(38-18)11-34-13(2)28/h6-9,18-22H,10-11H2,1-5H3/t18-,19-,20+,21+,22-/m1/s1.